The highest BCUT2D eigenvalue weighted by Gasteiger charge is 2.23. The molecule has 0 aliphatic carbocycles. The quantitative estimate of drug-likeness (QED) is 0.386. The van der Waals surface area contributed by atoms with Crippen molar-refractivity contribution in [1.82, 2.24) is 14.3 Å². The van der Waals surface area contributed by atoms with Gasteiger partial charge in [-0.1, -0.05) is 0 Å². The Hall–Kier alpha value is -3.07. The van der Waals surface area contributed by atoms with E-state index >= 15 is 0 Å². The van der Waals surface area contributed by atoms with Gasteiger partial charge in [-0.25, -0.2) is 6.57 Å². The minimum atomic E-state index is 0.455. The predicted octanol–water partition coefficient (Wildman–Crippen LogP) is 3.79. The molecule has 0 fully saturated rings. The van der Waals surface area contributed by atoms with E-state index in [0.29, 0.717) is 24.4 Å². The number of aldehydes is 1. The van der Waals surface area contributed by atoms with Crippen molar-refractivity contribution >= 4 is 17.2 Å². The van der Waals surface area contributed by atoms with Gasteiger partial charge in [0.05, 0.1) is 18.5 Å². The van der Waals surface area contributed by atoms with Gasteiger partial charge in [-0.3, -0.25) is 9.48 Å². The lowest BCUT2D eigenvalue weighted by Crippen LogP contribution is -2.03. The molecule has 6 heteroatoms. The van der Waals surface area contributed by atoms with Crippen LogP contribution in [0.4, 0.5) is 0 Å². The summed E-state index contributed by atoms with van der Waals surface area (Å²) in [4.78, 5) is 15.5. The van der Waals surface area contributed by atoms with E-state index in [2.05, 4.69) is 14.5 Å². The lowest BCUT2D eigenvalue weighted by Gasteiger charge is -2.11. The van der Waals surface area contributed by atoms with E-state index in [-0.39, 0.29) is 0 Å². The average molecular weight is 350 g/mol. The SMILES string of the molecule is [C-]#[N+]CCCn1c(-c2c(C)nn(C)c2C)c(C=O)c2cc(OC)ccc21. The van der Waals surface area contributed by atoms with Crippen molar-refractivity contribution < 1.29 is 9.53 Å². The third-order valence-corrected chi connectivity index (χ3v) is 4.83. The summed E-state index contributed by atoms with van der Waals surface area (Å²) < 4.78 is 9.32. The maximum Gasteiger partial charge on any atom is 0.216 e. The Morgan fingerprint density at radius 2 is 2.12 bits per heavy atom. The number of aryl methyl sites for hydroxylation is 3. The van der Waals surface area contributed by atoms with Crippen LogP contribution in [0.5, 0.6) is 5.75 Å². The maximum atomic E-state index is 12.1. The van der Waals surface area contributed by atoms with Crippen molar-refractivity contribution in [3.8, 4) is 17.0 Å². The molecule has 0 atom stereocenters. The molecule has 3 rings (SSSR count). The molecule has 6 nitrogen and oxygen atoms in total. The molecule has 0 N–H and O–H groups in total. The highest BCUT2D eigenvalue weighted by molar-refractivity contribution is 6.06. The molecular formula is C20H22N4O2. The maximum absolute atomic E-state index is 12.1. The number of fused-ring (bicyclic) bond motifs is 1. The number of hydrogen-bond acceptors (Lipinski definition) is 3. The van der Waals surface area contributed by atoms with E-state index in [1.807, 2.05) is 43.8 Å². The normalized spacial score (nSPS) is 10.9. The Bertz CT molecular complexity index is 1020. The van der Waals surface area contributed by atoms with Gasteiger partial charge in [0, 0.05) is 47.7 Å². The average Bonchev–Trinajstić information content (AvgIpc) is 3.07. The molecule has 2 heterocycles. The second-order valence-electron chi connectivity index (χ2n) is 6.32. The minimum absolute atomic E-state index is 0.455. The second-order valence-corrected chi connectivity index (χ2v) is 6.32. The van der Waals surface area contributed by atoms with Gasteiger partial charge in [-0.15, -0.1) is 0 Å². The highest BCUT2D eigenvalue weighted by atomic mass is 16.5. The summed E-state index contributed by atoms with van der Waals surface area (Å²) in [6.45, 7) is 12.1. The molecule has 1 aromatic carbocycles. The first-order valence-corrected chi connectivity index (χ1v) is 8.52. The van der Waals surface area contributed by atoms with Gasteiger partial charge < -0.3 is 14.1 Å². The van der Waals surface area contributed by atoms with Gasteiger partial charge in [0.2, 0.25) is 6.54 Å². The molecule has 0 aliphatic rings. The Morgan fingerprint density at radius 1 is 1.35 bits per heavy atom. The zero-order valence-corrected chi connectivity index (χ0v) is 15.5. The van der Waals surface area contributed by atoms with Gasteiger partial charge >= 0.3 is 0 Å². The zero-order chi connectivity index (χ0) is 18.8. The van der Waals surface area contributed by atoms with E-state index in [0.717, 1.165) is 46.3 Å². The van der Waals surface area contributed by atoms with Gasteiger partial charge in [0.1, 0.15) is 5.75 Å². The smallest absolute Gasteiger partial charge is 0.216 e. The molecule has 2 aromatic heterocycles. The second kappa shape index (κ2) is 7.04. The third-order valence-electron chi connectivity index (χ3n) is 4.83. The Balaban J connectivity index is 2.36. The number of carbonyl (C=O) groups excluding carboxylic acids is 1. The molecule has 3 aromatic rings. The number of carbonyl (C=O) groups is 1. The van der Waals surface area contributed by atoms with Crippen LogP contribution in [0.1, 0.15) is 28.2 Å². The van der Waals surface area contributed by atoms with Crippen LogP contribution < -0.4 is 4.74 Å². The molecule has 0 spiro atoms. The number of aromatic nitrogens is 3. The molecule has 134 valence electrons. The van der Waals surface area contributed by atoms with Crippen molar-refractivity contribution in [2.24, 2.45) is 7.05 Å². The summed E-state index contributed by atoms with van der Waals surface area (Å²) in [5.74, 6) is 0.713. The van der Waals surface area contributed by atoms with Crippen LogP contribution in [-0.2, 0) is 13.6 Å². The van der Waals surface area contributed by atoms with Crippen molar-refractivity contribution in [1.29, 1.82) is 0 Å². The lowest BCUT2D eigenvalue weighted by atomic mass is 10.0. The van der Waals surface area contributed by atoms with Crippen LogP contribution in [0.2, 0.25) is 0 Å². The number of ether oxygens (including phenoxy) is 1. The number of rotatable bonds is 6. The van der Waals surface area contributed by atoms with Crippen LogP contribution in [0, 0.1) is 20.4 Å². The van der Waals surface area contributed by atoms with Gasteiger partial charge in [-0.2, -0.15) is 5.10 Å². The molecule has 0 radical (unpaired) electrons. The molecule has 0 saturated carbocycles. The largest absolute Gasteiger partial charge is 0.497 e. The van der Waals surface area contributed by atoms with Crippen LogP contribution in [0.15, 0.2) is 18.2 Å². The molecule has 0 saturated heterocycles. The Morgan fingerprint density at radius 3 is 2.69 bits per heavy atom. The fourth-order valence-electron chi connectivity index (χ4n) is 3.53. The van der Waals surface area contributed by atoms with E-state index in [4.69, 9.17) is 11.3 Å². The summed E-state index contributed by atoms with van der Waals surface area (Å²) in [6.07, 6.45) is 1.64. The molecule has 0 bridgehead atoms. The molecule has 0 aliphatic heterocycles. The number of methoxy groups -OCH3 is 1. The predicted molar refractivity (Wildman–Crippen MR) is 102 cm³/mol. The fraction of sp³-hybridized carbons (Fsp3) is 0.350. The van der Waals surface area contributed by atoms with Crippen molar-refractivity contribution in [3.63, 3.8) is 0 Å². The first kappa shape index (κ1) is 17.7. The fourth-order valence-corrected chi connectivity index (χ4v) is 3.53. The van der Waals surface area contributed by atoms with Crippen LogP contribution >= 0.6 is 0 Å². The standard InChI is InChI=1S/C20H22N4O2/c1-13-19(14(2)23(4)22-13)20-17(12-25)16-11-15(26-5)7-8-18(16)24(20)10-6-9-21-3/h7-8,11-12H,6,9-10H2,1-2,4-5H3. The summed E-state index contributed by atoms with van der Waals surface area (Å²) in [5, 5.41) is 5.38. The van der Waals surface area contributed by atoms with Crippen LogP contribution in [0.3, 0.4) is 0 Å². The van der Waals surface area contributed by atoms with E-state index in [9.17, 15) is 4.79 Å². The summed E-state index contributed by atoms with van der Waals surface area (Å²) in [5.41, 5.74) is 5.35. The third kappa shape index (κ3) is 2.76. The summed E-state index contributed by atoms with van der Waals surface area (Å²) >= 11 is 0. The topological polar surface area (TPSA) is 53.4 Å². The summed E-state index contributed by atoms with van der Waals surface area (Å²) in [7, 11) is 3.52. The van der Waals surface area contributed by atoms with Crippen LogP contribution in [0.25, 0.3) is 27.0 Å². The van der Waals surface area contributed by atoms with Gasteiger partial charge in [0.15, 0.2) is 6.29 Å². The molecule has 0 unspecified atom stereocenters. The Labute approximate surface area is 152 Å². The van der Waals surface area contributed by atoms with Gasteiger partial charge in [-0.05, 0) is 32.0 Å². The Kier molecular flexibility index (Phi) is 4.81. The number of benzene rings is 1. The van der Waals surface area contributed by atoms with Crippen molar-refractivity contribution in [2.45, 2.75) is 26.8 Å². The van der Waals surface area contributed by atoms with E-state index < -0.39 is 0 Å². The van der Waals surface area contributed by atoms with E-state index in [1.54, 1.807) is 7.11 Å². The minimum Gasteiger partial charge on any atom is -0.497 e. The molecule has 26 heavy (non-hydrogen) atoms. The monoisotopic (exact) mass is 350 g/mol. The zero-order valence-electron chi connectivity index (χ0n) is 15.5. The highest BCUT2D eigenvalue weighted by Crippen LogP contribution is 2.37. The molecular weight excluding hydrogens is 328 g/mol. The summed E-state index contributed by atoms with van der Waals surface area (Å²) in [6, 6.07) is 5.77. The van der Waals surface area contributed by atoms with Crippen molar-refractivity contribution in [2.75, 3.05) is 13.7 Å². The number of nitrogens with zero attached hydrogens (tertiary/aromatic N) is 4. The number of hydrogen-bond donors (Lipinski definition) is 0. The van der Waals surface area contributed by atoms with Crippen molar-refractivity contribution in [3.05, 3.63) is 46.6 Å². The van der Waals surface area contributed by atoms with Crippen LogP contribution in [-0.4, -0.2) is 34.3 Å². The lowest BCUT2D eigenvalue weighted by molar-refractivity contribution is 0.112. The van der Waals surface area contributed by atoms with Gasteiger partial charge in [0.25, 0.3) is 0 Å². The van der Waals surface area contributed by atoms with E-state index in [1.165, 1.54) is 0 Å². The first-order chi connectivity index (χ1) is 12.5. The first-order valence-electron chi connectivity index (χ1n) is 8.52. The molecule has 0 amide bonds.